The minimum absolute atomic E-state index is 0.173. The lowest BCUT2D eigenvalue weighted by atomic mass is 9.99. The summed E-state index contributed by atoms with van der Waals surface area (Å²) in [6.45, 7) is 2.28. The van der Waals surface area contributed by atoms with Crippen LogP contribution in [0.15, 0.2) is 44.9 Å². The molecule has 0 unspecified atom stereocenters. The quantitative estimate of drug-likeness (QED) is 0.740. The number of halogens is 4. The molecule has 2 aromatic carbocycles. The zero-order valence-electron chi connectivity index (χ0n) is 13.0. The van der Waals surface area contributed by atoms with Gasteiger partial charge >= 0.3 is 0 Å². The van der Waals surface area contributed by atoms with Crippen LogP contribution in [0.4, 0.5) is 14.5 Å². The van der Waals surface area contributed by atoms with Crippen molar-refractivity contribution in [2.45, 2.75) is 13.0 Å². The highest BCUT2D eigenvalue weighted by atomic mass is 79.9. The van der Waals surface area contributed by atoms with Gasteiger partial charge in [0.05, 0.1) is 22.0 Å². The number of hydrogen-bond acceptors (Lipinski definition) is 4. The molecule has 0 radical (unpaired) electrons. The maximum atomic E-state index is 14.5. The predicted molar refractivity (Wildman–Crippen MR) is 98.5 cm³/mol. The molecule has 0 spiro atoms. The summed E-state index contributed by atoms with van der Waals surface area (Å²) in [6.07, 6.45) is 0. The fraction of sp³-hybridized carbons (Fsp3) is 0.176. The molecular weight excluding hydrogens is 414 g/mol. The van der Waals surface area contributed by atoms with E-state index in [9.17, 15) is 8.78 Å². The number of rotatable bonds is 1. The fourth-order valence-electron chi connectivity index (χ4n) is 3.08. The molecule has 1 atom stereocenters. The summed E-state index contributed by atoms with van der Waals surface area (Å²) in [6, 6.07) is 6.91. The monoisotopic (exact) mass is 424 g/mol. The van der Waals surface area contributed by atoms with Crippen molar-refractivity contribution < 1.29 is 8.78 Å². The van der Waals surface area contributed by atoms with Gasteiger partial charge in [0.1, 0.15) is 24.3 Å². The number of anilines is 1. The minimum Gasteiger partial charge on any atom is -0.306 e. The van der Waals surface area contributed by atoms with Crippen molar-refractivity contribution in [3.05, 3.63) is 62.6 Å². The van der Waals surface area contributed by atoms with Gasteiger partial charge < -0.3 is 4.90 Å². The summed E-state index contributed by atoms with van der Waals surface area (Å²) in [7, 11) is 0. The topological polar surface area (TPSA) is 40.0 Å². The van der Waals surface area contributed by atoms with Crippen LogP contribution >= 0.6 is 27.5 Å². The number of nitrogens with one attached hydrogen (secondary N) is 1. The van der Waals surface area contributed by atoms with Gasteiger partial charge in [-0.25, -0.2) is 8.78 Å². The van der Waals surface area contributed by atoms with Crippen LogP contribution in [0.3, 0.4) is 0 Å². The van der Waals surface area contributed by atoms with Crippen molar-refractivity contribution in [2.24, 2.45) is 10.1 Å². The maximum Gasteiger partial charge on any atom is 0.155 e. The van der Waals surface area contributed by atoms with Crippen molar-refractivity contribution in [1.29, 1.82) is 0 Å². The Morgan fingerprint density at radius 1 is 1.20 bits per heavy atom. The molecule has 8 heteroatoms. The Hall–Kier alpha value is -1.99. The Balaban J connectivity index is 2.08. The lowest BCUT2D eigenvalue weighted by Crippen LogP contribution is -2.34. The normalized spacial score (nSPS) is 18.8. The van der Waals surface area contributed by atoms with E-state index in [4.69, 9.17) is 11.6 Å². The molecule has 4 rings (SSSR count). The van der Waals surface area contributed by atoms with Crippen molar-refractivity contribution in [3.63, 3.8) is 0 Å². The van der Waals surface area contributed by atoms with Crippen LogP contribution in [0.5, 0.6) is 0 Å². The number of hydrazone groups is 1. The third kappa shape index (κ3) is 2.53. The summed E-state index contributed by atoms with van der Waals surface area (Å²) < 4.78 is 29.5. The largest absolute Gasteiger partial charge is 0.306 e. The van der Waals surface area contributed by atoms with E-state index in [2.05, 4.69) is 31.4 Å². The Kier molecular flexibility index (Phi) is 4.00. The van der Waals surface area contributed by atoms with Crippen LogP contribution in [0, 0.1) is 11.6 Å². The van der Waals surface area contributed by atoms with Crippen LogP contribution in [-0.4, -0.2) is 24.3 Å². The molecule has 0 saturated heterocycles. The van der Waals surface area contributed by atoms with Gasteiger partial charge in [0, 0.05) is 10.0 Å². The third-order valence-electron chi connectivity index (χ3n) is 4.20. The van der Waals surface area contributed by atoms with Crippen LogP contribution in [0.1, 0.15) is 18.1 Å². The van der Waals surface area contributed by atoms with E-state index in [1.807, 2.05) is 11.8 Å². The smallest absolute Gasteiger partial charge is 0.155 e. The first-order chi connectivity index (χ1) is 12.0. The van der Waals surface area contributed by atoms with Gasteiger partial charge in [-0.1, -0.05) is 17.7 Å². The van der Waals surface area contributed by atoms with E-state index >= 15 is 0 Å². The van der Waals surface area contributed by atoms with Crippen molar-refractivity contribution in [1.82, 2.24) is 5.43 Å². The first-order valence-corrected chi connectivity index (χ1v) is 8.74. The van der Waals surface area contributed by atoms with Crippen LogP contribution in [0.25, 0.3) is 0 Å². The zero-order valence-corrected chi connectivity index (χ0v) is 15.4. The molecule has 0 amide bonds. The molecule has 0 bridgehead atoms. The van der Waals surface area contributed by atoms with Crippen molar-refractivity contribution >= 4 is 44.8 Å². The maximum absolute atomic E-state index is 14.5. The van der Waals surface area contributed by atoms with Gasteiger partial charge in [0.25, 0.3) is 0 Å². The molecular formula is C17H12BrClF2N4. The zero-order chi connectivity index (χ0) is 17.7. The van der Waals surface area contributed by atoms with Crippen LogP contribution in [0.2, 0.25) is 5.02 Å². The van der Waals surface area contributed by atoms with Gasteiger partial charge in [0.15, 0.2) is 5.84 Å². The average Bonchev–Trinajstić information content (AvgIpc) is 3.02. The molecule has 0 aromatic heterocycles. The Morgan fingerprint density at radius 2 is 1.92 bits per heavy atom. The Morgan fingerprint density at radius 3 is 2.64 bits per heavy atom. The lowest BCUT2D eigenvalue weighted by molar-refractivity contribution is 0.579. The first-order valence-electron chi connectivity index (χ1n) is 7.57. The van der Waals surface area contributed by atoms with Gasteiger partial charge in [-0.15, -0.1) is 0 Å². The Labute approximate surface area is 156 Å². The standard InChI is InChI=1S/C17H12BrClF2N4/c1-8-17-24-22-7-25(17)12-6-5-9(19)15(18)14(12)16(23-8)13-10(20)3-2-4-11(13)21/h2-6,8,22H,7H2,1H3/t8-/m0/s1. The molecule has 0 fully saturated rings. The average molecular weight is 426 g/mol. The van der Waals surface area contributed by atoms with Crippen molar-refractivity contribution in [2.75, 3.05) is 11.6 Å². The van der Waals surface area contributed by atoms with Gasteiger partial charge in [-0.05, 0) is 47.1 Å². The second-order valence-corrected chi connectivity index (χ2v) is 6.92. The SMILES string of the molecule is C[C@@H]1N=C(c2c(F)cccc2F)c2c(ccc(Cl)c2Br)N2CNN=C12. The molecule has 4 nitrogen and oxygen atoms in total. The van der Waals surface area contributed by atoms with Gasteiger partial charge in [0.2, 0.25) is 0 Å². The number of hydrogen-bond donors (Lipinski definition) is 1. The number of fused-ring (bicyclic) bond motifs is 3. The van der Waals surface area contributed by atoms with E-state index < -0.39 is 11.6 Å². The summed E-state index contributed by atoms with van der Waals surface area (Å²) in [5.74, 6) is -0.668. The van der Waals surface area contributed by atoms with E-state index in [0.29, 0.717) is 27.6 Å². The molecule has 0 aliphatic carbocycles. The summed E-state index contributed by atoms with van der Waals surface area (Å²) in [4.78, 5) is 6.52. The molecule has 1 N–H and O–H groups in total. The van der Waals surface area contributed by atoms with Gasteiger partial charge in [-0.3, -0.25) is 10.4 Å². The van der Waals surface area contributed by atoms with Crippen LogP contribution < -0.4 is 10.3 Å². The molecule has 0 saturated carbocycles. The highest BCUT2D eigenvalue weighted by Crippen LogP contribution is 2.39. The summed E-state index contributed by atoms with van der Waals surface area (Å²) in [5, 5.41) is 4.71. The van der Waals surface area contributed by atoms with Crippen molar-refractivity contribution in [3.8, 4) is 0 Å². The molecule has 25 heavy (non-hydrogen) atoms. The van der Waals surface area contributed by atoms with E-state index in [0.717, 1.165) is 5.69 Å². The second kappa shape index (κ2) is 6.07. The first kappa shape index (κ1) is 16.5. The highest BCUT2D eigenvalue weighted by Gasteiger charge is 2.34. The molecule has 2 aromatic rings. The molecule has 2 heterocycles. The molecule has 2 aliphatic heterocycles. The predicted octanol–water partition coefficient (Wildman–Crippen LogP) is 4.30. The minimum atomic E-state index is -0.675. The van der Waals surface area contributed by atoms with E-state index in [1.54, 1.807) is 12.1 Å². The number of benzene rings is 2. The molecule has 128 valence electrons. The van der Waals surface area contributed by atoms with E-state index in [-0.39, 0.29) is 17.3 Å². The summed E-state index contributed by atoms with van der Waals surface area (Å²) in [5.41, 5.74) is 4.23. The summed E-state index contributed by atoms with van der Waals surface area (Å²) >= 11 is 9.72. The Bertz CT molecular complexity index is 924. The molecule has 2 aliphatic rings. The highest BCUT2D eigenvalue weighted by molar-refractivity contribution is 9.10. The lowest BCUT2D eigenvalue weighted by Gasteiger charge is -2.22. The van der Waals surface area contributed by atoms with Crippen LogP contribution in [-0.2, 0) is 0 Å². The number of aliphatic imine (C=N–C) groups is 1. The number of nitrogens with zero attached hydrogens (tertiary/aromatic N) is 3. The van der Waals surface area contributed by atoms with E-state index in [1.165, 1.54) is 18.2 Å². The second-order valence-electron chi connectivity index (χ2n) is 5.72. The fourth-order valence-corrected chi connectivity index (χ4v) is 3.76. The van der Waals surface area contributed by atoms with Gasteiger partial charge in [-0.2, -0.15) is 5.10 Å². The number of amidine groups is 1. The third-order valence-corrected chi connectivity index (χ3v) is 5.56.